The zero-order valence-electron chi connectivity index (χ0n) is 13.9. The molecule has 23 heavy (non-hydrogen) atoms. The number of pyridine rings is 1. The van der Waals surface area contributed by atoms with E-state index in [1.54, 1.807) is 24.1 Å². The number of amides is 2. The third-order valence-electron chi connectivity index (χ3n) is 3.69. The van der Waals surface area contributed by atoms with Gasteiger partial charge >= 0.3 is 6.09 Å². The molecule has 1 aliphatic rings. The highest BCUT2D eigenvalue weighted by Gasteiger charge is 2.22. The smallest absolute Gasteiger partial charge is 0.409 e. The van der Waals surface area contributed by atoms with Gasteiger partial charge in [0.1, 0.15) is 5.82 Å². The molecule has 1 aromatic rings. The van der Waals surface area contributed by atoms with Gasteiger partial charge in [0.25, 0.3) is 0 Å². The summed E-state index contributed by atoms with van der Waals surface area (Å²) in [6.45, 7) is 8.61. The molecule has 0 aromatic carbocycles. The molecule has 0 bridgehead atoms. The quantitative estimate of drug-likeness (QED) is 0.918. The topological polar surface area (TPSA) is 74.8 Å². The third kappa shape index (κ3) is 4.58. The van der Waals surface area contributed by atoms with Crippen molar-refractivity contribution in [3.05, 3.63) is 18.3 Å². The lowest BCUT2D eigenvalue weighted by Crippen LogP contribution is -2.49. The lowest BCUT2D eigenvalue weighted by Gasteiger charge is -2.35. The van der Waals surface area contributed by atoms with Crippen LogP contribution in [0, 0.1) is 5.92 Å². The number of rotatable bonds is 4. The minimum Gasteiger partial charge on any atom is -0.450 e. The molecule has 126 valence electrons. The highest BCUT2D eigenvalue weighted by atomic mass is 16.6. The molecule has 1 aliphatic heterocycles. The van der Waals surface area contributed by atoms with Gasteiger partial charge in [0.15, 0.2) is 0 Å². The first-order valence-corrected chi connectivity index (χ1v) is 7.94. The molecule has 0 radical (unpaired) electrons. The van der Waals surface area contributed by atoms with E-state index >= 15 is 0 Å². The standard InChI is InChI=1S/C16H24N4O3/c1-4-23-16(22)20-9-7-19(8-10-20)13-5-6-14(17-11-13)18-15(21)12(2)3/h5-6,11-12H,4,7-10H2,1-3H3,(H,17,18,21). The number of carbonyl (C=O) groups excluding carboxylic acids is 2. The first kappa shape index (κ1) is 17.1. The van der Waals surface area contributed by atoms with Crippen LogP contribution in [0.25, 0.3) is 0 Å². The van der Waals surface area contributed by atoms with Gasteiger partial charge in [0.2, 0.25) is 5.91 Å². The molecule has 2 rings (SSSR count). The molecule has 7 heteroatoms. The first-order valence-electron chi connectivity index (χ1n) is 7.94. The SMILES string of the molecule is CCOC(=O)N1CCN(c2ccc(NC(=O)C(C)C)nc2)CC1. The van der Waals surface area contributed by atoms with Crippen LogP contribution in [-0.2, 0) is 9.53 Å². The van der Waals surface area contributed by atoms with Crippen molar-refractivity contribution in [1.82, 2.24) is 9.88 Å². The molecule has 0 atom stereocenters. The Morgan fingerprint density at radius 2 is 1.96 bits per heavy atom. The second-order valence-corrected chi connectivity index (χ2v) is 5.72. The summed E-state index contributed by atoms with van der Waals surface area (Å²) in [5, 5.41) is 2.77. The van der Waals surface area contributed by atoms with Crippen LogP contribution >= 0.6 is 0 Å². The number of aromatic nitrogens is 1. The fourth-order valence-corrected chi connectivity index (χ4v) is 2.28. The van der Waals surface area contributed by atoms with Crippen LogP contribution in [0.4, 0.5) is 16.3 Å². The van der Waals surface area contributed by atoms with E-state index in [0.717, 1.165) is 18.8 Å². The largest absolute Gasteiger partial charge is 0.450 e. The van der Waals surface area contributed by atoms with Gasteiger partial charge in [-0.2, -0.15) is 0 Å². The molecule has 1 aromatic heterocycles. The molecule has 1 saturated heterocycles. The lowest BCUT2D eigenvalue weighted by atomic mass is 10.2. The number of ether oxygens (including phenoxy) is 1. The summed E-state index contributed by atoms with van der Waals surface area (Å²) in [6, 6.07) is 3.73. The molecule has 0 spiro atoms. The zero-order valence-corrected chi connectivity index (χ0v) is 13.9. The minimum atomic E-state index is -0.253. The van der Waals surface area contributed by atoms with Crippen LogP contribution in [0.2, 0.25) is 0 Å². The summed E-state index contributed by atoms with van der Waals surface area (Å²) in [6.07, 6.45) is 1.49. The van der Waals surface area contributed by atoms with Crippen LogP contribution in [0.5, 0.6) is 0 Å². The summed E-state index contributed by atoms with van der Waals surface area (Å²) in [5.41, 5.74) is 0.982. The Balaban J connectivity index is 1.89. The maximum atomic E-state index is 11.7. The minimum absolute atomic E-state index is 0.0479. The predicted octanol–water partition coefficient (Wildman–Crippen LogP) is 1.95. The van der Waals surface area contributed by atoms with Gasteiger partial charge in [-0.15, -0.1) is 0 Å². The van der Waals surface area contributed by atoms with E-state index < -0.39 is 0 Å². The second-order valence-electron chi connectivity index (χ2n) is 5.72. The molecule has 7 nitrogen and oxygen atoms in total. The van der Waals surface area contributed by atoms with Crippen molar-refractivity contribution in [1.29, 1.82) is 0 Å². The highest BCUT2D eigenvalue weighted by molar-refractivity contribution is 5.91. The molecule has 1 N–H and O–H groups in total. The zero-order chi connectivity index (χ0) is 16.8. The van der Waals surface area contributed by atoms with Crippen molar-refractivity contribution in [2.45, 2.75) is 20.8 Å². The second kappa shape index (κ2) is 7.80. The Bertz CT molecular complexity index is 537. The van der Waals surface area contributed by atoms with Crippen molar-refractivity contribution in [3.8, 4) is 0 Å². The number of carbonyl (C=O) groups is 2. The van der Waals surface area contributed by atoms with E-state index in [0.29, 0.717) is 25.5 Å². The highest BCUT2D eigenvalue weighted by Crippen LogP contribution is 2.17. The number of piperazine rings is 1. The Morgan fingerprint density at radius 3 is 2.48 bits per heavy atom. The Kier molecular flexibility index (Phi) is 5.78. The van der Waals surface area contributed by atoms with E-state index in [-0.39, 0.29) is 17.9 Å². The fraction of sp³-hybridized carbons (Fsp3) is 0.562. The van der Waals surface area contributed by atoms with Gasteiger partial charge in [0, 0.05) is 32.1 Å². The van der Waals surface area contributed by atoms with Crippen LogP contribution in [-0.4, -0.2) is 54.7 Å². The number of hydrogen-bond acceptors (Lipinski definition) is 5. The number of nitrogens with zero attached hydrogens (tertiary/aromatic N) is 3. The average Bonchev–Trinajstić information content (AvgIpc) is 2.56. The van der Waals surface area contributed by atoms with E-state index in [4.69, 9.17) is 4.74 Å². The Morgan fingerprint density at radius 1 is 1.26 bits per heavy atom. The van der Waals surface area contributed by atoms with Gasteiger partial charge in [-0.1, -0.05) is 13.8 Å². The summed E-state index contributed by atoms with van der Waals surface area (Å²) < 4.78 is 5.01. The average molecular weight is 320 g/mol. The molecule has 2 amide bonds. The summed E-state index contributed by atoms with van der Waals surface area (Å²) >= 11 is 0. The van der Waals surface area contributed by atoms with E-state index in [1.807, 2.05) is 19.9 Å². The third-order valence-corrected chi connectivity index (χ3v) is 3.69. The van der Waals surface area contributed by atoms with Gasteiger partial charge in [-0.3, -0.25) is 4.79 Å². The molecule has 2 heterocycles. The van der Waals surface area contributed by atoms with Crippen molar-refractivity contribution < 1.29 is 14.3 Å². The van der Waals surface area contributed by atoms with E-state index in [2.05, 4.69) is 15.2 Å². The van der Waals surface area contributed by atoms with Crippen molar-refractivity contribution in [2.75, 3.05) is 43.0 Å². The van der Waals surface area contributed by atoms with Gasteiger partial charge in [0.05, 0.1) is 18.5 Å². The molecule has 0 saturated carbocycles. The van der Waals surface area contributed by atoms with Crippen molar-refractivity contribution in [3.63, 3.8) is 0 Å². The monoisotopic (exact) mass is 320 g/mol. The van der Waals surface area contributed by atoms with Gasteiger partial charge < -0.3 is 19.9 Å². The fourth-order valence-electron chi connectivity index (χ4n) is 2.28. The van der Waals surface area contributed by atoms with Gasteiger partial charge in [-0.25, -0.2) is 9.78 Å². The van der Waals surface area contributed by atoms with Gasteiger partial charge in [-0.05, 0) is 19.1 Å². The van der Waals surface area contributed by atoms with Crippen molar-refractivity contribution in [2.24, 2.45) is 5.92 Å². The predicted molar refractivity (Wildman–Crippen MR) is 88.5 cm³/mol. The maximum Gasteiger partial charge on any atom is 0.409 e. The van der Waals surface area contributed by atoms with E-state index in [9.17, 15) is 9.59 Å². The first-order chi connectivity index (χ1) is 11.0. The van der Waals surface area contributed by atoms with E-state index in [1.165, 1.54) is 0 Å². The number of nitrogens with one attached hydrogen (secondary N) is 1. The number of hydrogen-bond donors (Lipinski definition) is 1. The maximum absolute atomic E-state index is 11.7. The molecule has 0 unspecified atom stereocenters. The molecule has 1 fully saturated rings. The number of anilines is 2. The summed E-state index contributed by atoms with van der Waals surface area (Å²) in [5.74, 6) is 0.429. The lowest BCUT2D eigenvalue weighted by molar-refractivity contribution is -0.118. The van der Waals surface area contributed by atoms with Crippen LogP contribution < -0.4 is 10.2 Å². The molecular formula is C16H24N4O3. The summed E-state index contributed by atoms with van der Waals surface area (Å²) in [4.78, 5) is 31.5. The Labute approximate surface area is 136 Å². The molecule has 0 aliphatic carbocycles. The van der Waals surface area contributed by atoms with Crippen LogP contribution in [0.1, 0.15) is 20.8 Å². The molecular weight excluding hydrogens is 296 g/mol. The van der Waals surface area contributed by atoms with Crippen LogP contribution in [0.15, 0.2) is 18.3 Å². The Hall–Kier alpha value is -2.31. The normalized spacial score (nSPS) is 14.8. The van der Waals surface area contributed by atoms with Crippen LogP contribution in [0.3, 0.4) is 0 Å². The van der Waals surface area contributed by atoms with Crippen molar-refractivity contribution >= 4 is 23.5 Å². The summed E-state index contributed by atoms with van der Waals surface area (Å²) in [7, 11) is 0.